The SMILES string of the molecule is CC(C)(C)OC(=O)N1CC=C(c2ccc(-c3ccc(C(=O)Nc4ccccn4)cc3)c3c(N)ncnc23)C1. The van der Waals surface area contributed by atoms with Gasteiger partial charge < -0.3 is 20.7 Å². The molecule has 2 amide bonds. The molecule has 0 atom stereocenters. The van der Waals surface area contributed by atoms with Crippen molar-refractivity contribution in [2.75, 3.05) is 24.1 Å². The third-order valence-electron chi connectivity index (χ3n) is 6.10. The maximum absolute atomic E-state index is 12.6. The number of aromatic nitrogens is 3. The van der Waals surface area contributed by atoms with E-state index in [4.69, 9.17) is 10.5 Å². The van der Waals surface area contributed by atoms with E-state index in [9.17, 15) is 9.59 Å². The number of nitrogens with two attached hydrogens (primary N) is 1. The van der Waals surface area contributed by atoms with Gasteiger partial charge in [0.15, 0.2) is 0 Å². The molecule has 0 saturated heterocycles. The lowest BCUT2D eigenvalue weighted by molar-refractivity contribution is 0.0306. The van der Waals surface area contributed by atoms with Crippen molar-refractivity contribution in [3.63, 3.8) is 0 Å². The van der Waals surface area contributed by atoms with Crippen molar-refractivity contribution in [2.45, 2.75) is 26.4 Å². The highest BCUT2D eigenvalue weighted by Crippen LogP contribution is 2.36. The summed E-state index contributed by atoms with van der Waals surface area (Å²) in [5.74, 6) is 0.590. The summed E-state index contributed by atoms with van der Waals surface area (Å²) < 4.78 is 5.53. The average molecular weight is 509 g/mol. The fourth-order valence-electron chi connectivity index (χ4n) is 4.34. The van der Waals surface area contributed by atoms with Crippen molar-refractivity contribution in [3.8, 4) is 11.1 Å². The Bertz CT molecular complexity index is 1540. The quantitative estimate of drug-likeness (QED) is 0.390. The summed E-state index contributed by atoms with van der Waals surface area (Å²) in [7, 11) is 0. The number of hydrogen-bond acceptors (Lipinski definition) is 7. The molecule has 38 heavy (non-hydrogen) atoms. The second-order valence-corrected chi connectivity index (χ2v) is 9.98. The number of rotatable bonds is 4. The van der Waals surface area contributed by atoms with Gasteiger partial charge in [0, 0.05) is 30.4 Å². The second-order valence-electron chi connectivity index (χ2n) is 9.98. The van der Waals surface area contributed by atoms with Crippen LogP contribution in [0.1, 0.15) is 36.7 Å². The Morgan fingerprint density at radius 2 is 1.74 bits per heavy atom. The smallest absolute Gasteiger partial charge is 0.410 e. The summed E-state index contributed by atoms with van der Waals surface area (Å²) in [6, 6.07) is 16.5. The molecule has 2 aromatic heterocycles. The van der Waals surface area contributed by atoms with Gasteiger partial charge in [-0.25, -0.2) is 19.7 Å². The third kappa shape index (κ3) is 5.17. The minimum absolute atomic E-state index is 0.249. The molecule has 0 fully saturated rings. The topological polar surface area (TPSA) is 123 Å². The number of nitrogens with zero attached hydrogens (tertiary/aromatic N) is 4. The van der Waals surface area contributed by atoms with Crippen molar-refractivity contribution in [1.82, 2.24) is 19.9 Å². The number of nitrogens with one attached hydrogen (secondary N) is 1. The summed E-state index contributed by atoms with van der Waals surface area (Å²) >= 11 is 0. The molecule has 0 radical (unpaired) electrons. The highest BCUT2D eigenvalue weighted by Gasteiger charge is 2.27. The molecule has 2 aromatic carbocycles. The monoisotopic (exact) mass is 508 g/mol. The Balaban J connectivity index is 1.42. The van der Waals surface area contributed by atoms with Crippen LogP contribution in [0, 0.1) is 0 Å². The van der Waals surface area contributed by atoms with Crippen LogP contribution < -0.4 is 11.1 Å². The van der Waals surface area contributed by atoms with E-state index in [0.717, 1.165) is 22.3 Å². The van der Waals surface area contributed by atoms with E-state index in [1.807, 2.05) is 57.2 Å². The van der Waals surface area contributed by atoms with Crippen LogP contribution in [0.15, 0.2) is 73.2 Å². The number of benzene rings is 2. The number of nitrogen functional groups attached to an aromatic ring is 1. The molecule has 9 nitrogen and oxygen atoms in total. The van der Waals surface area contributed by atoms with E-state index in [2.05, 4.69) is 20.3 Å². The van der Waals surface area contributed by atoms with Gasteiger partial charge in [-0.1, -0.05) is 36.4 Å². The fraction of sp³-hybridized carbons (Fsp3) is 0.207. The molecule has 1 aliphatic rings. The van der Waals surface area contributed by atoms with Gasteiger partial charge in [0.2, 0.25) is 0 Å². The summed E-state index contributed by atoms with van der Waals surface area (Å²) in [6.07, 6.45) is 4.71. The predicted molar refractivity (Wildman–Crippen MR) is 147 cm³/mol. The molecule has 9 heteroatoms. The number of pyridine rings is 1. The van der Waals surface area contributed by atoms with E-state index >= 15 is 0 Å². The van der Waals surface area contributed by atoms with Crippen molar-refractivity contribution < 1.29 is 14.3 Å². The van der Waals surface area contributed by atoms with Crippen LogP contribution in [-0.2, 0) is 4.74 Å². The van der Waals surface area contributed by atoms with Gasteiger partial charge in [0.25, 0.3) is 5.91 Å². The van der Waals surface area contributed by atoms with Gasteiger partial charge in [-0.2, -0.15) is 0 Å². The summed E-state index contributed by atoms with van der Waals surface area (Å²) in [5, 5.41) is 3.50. The van der Waals surface area contributed by atoms with Gasteiger partial charge in [0.05, 0.1) is 10.9 Å². The number of carbonyl (C=O) groups is 2. The van der Waals surface area contributed by atoms with Crippen LogP contribution in [0.2, 0.25) is 0 Å². The van der Waals surface area contributed by atoms with Crippen LogP contribution in [0.25, 0.3) is 27.6 Å². The Morgan fingerprint density at radius 1 is 0.974 bits per heavy atom. The first-order valence-electron chi connectivity index (χ1n) is 12.2. The van der Waals surface area contributed by atoms with Crippen LogP contribution in [-0.4, -0.2) is 50.5 Å². The van der Waals surface area contributed by atoms with Crippen molar-refractivity contribution >= 4 is 40.1 Å². The van der Waals surface area contributed by atoms with Gasteiger partial charge >= 0.3 is 6.09 Å². The molecule has 0 spiro atoms. The Morgan fingerprint density at radius 3 is 2.45 bits per heavy atom. The van der Waals surface area contributed by atoms with Crippen LogP contribution in [0.4, 0.5) is 16.4 Å². The molecule has 192 valence electrons. The molecule has 5 rings (SSSR count). The molecule has 0 aliphatic carbocycles. The van der Waals surface area contributed by atoms with E-state index in [-0.39, 0.29) is 12.0 Å². The second kappa shape index (κ2) is 9.93. The largest absolute Gasteiger partial charge is 0.444 e. The minimum Gasteiger partial charge on any atom is -0.444 e. The first kappa shape index (κ1) is 24.9. The van der Waals surface area contributed by atoms with Gasteiger partial charge in [0.1, 0.15) is 23.6 Å². The molecule has 0 unspecified atom stereocenters. The predicted octanol–water partition coefficient (Wildman–Crippen LogP) is 5.16. The molecule has 0 bridgehead atoms. The summed E-state index contributed by atoms with van der Waals surface area (Å²) in [4.78, 5) is 39.8. The van der Waals surface area contributed by atoms with Crippen molar-refractivity contribution in [3.05, 3.63) is 84.3 Å². The first-order chi connectivity index (χ1) is 18.2. The van der Waals surface area contributed by atoms with Crippen LogP contribution >= 0.6 is 0 Å². The fourth-order valence-corrected chi connectivity index (χ4v) is 4.34. The lowest BCUT2D eigenvalue weighted by Crippen LogP contribution is -2.35. The zero-order valence-electron chi connectivity index (χ0n) is 21.4. The lowest BCUT2D eigenvalue weighted by atomic mass is 9.94. The normalized spacial score (nSPS) is 13.3. The Kier molecular flexibility index (Phi) is 6.50. The molecule has 4 aromatic rings. The van der Waals surface area contributed by atoms with Crippen LogP contribution in [0.5, 0.6) is 0 Å². The van der Waals surface area contributed by atoms with E-state index in [1.165, 1.54) is 6.33 Å². The minimum atomic E-state index is -0.565. The summed E-state index contributed by atoms with van der Waals surface area (Å²) in [6.45, 7) is 6.41. The van der Waals surface area contributed by atoms with Crippen LogP contribution in [0.3, 0.4) is 0 Å². The molecule has 0 saturated carbocycles. The number of amides is 2. The van der Waals surface area contributed by atoms with E-state index in [1.54, 1.807) is 35.4 Å². The highest BCUT2D eigenvalue weighted by molar-refractivity contribution is 6.07. The average Bonchev–Trinajstić information content (AvgIpc) is 3.38. The zero-order valence-corrected chi connectivity index (χ0v) is 21.4. The number of fused-ring (bicyclic) bond motifs is 1. The molecule has 1 aliphatic heterocycles. The maximum atomic E-state index is 12.6. The van der Waals surface area contributed by atoms with Crippen molar-refractivity contribution in [2.24, 2.45) is 0 Å². The molecule has 3 heterocycles. The number of carbonyl (C=O) groups excluding carboxylic acids is 2. The van der Waals surface area contributed by atoms with E-state index in [0.29, 0.717) is 41.2 Å². The standard InChI is InChI=1S/C29H28N6O3/c1-29(2,3)38-28(37)35-15-13-20(16-35)22-12-11-21(24-25(22)32-17-33-26(24)30)18-7-9-19(10-8-18)27(36)34-23-6-4-5-14-31-23/h4-14,17H,15-16H2,1-3H3,(H2,30,32,33)(H,31,34,36). The van der Waals surface area contributed by atoms with Gasteiger partial charge in [-0.05, 0) is 61.7 Å². The van der Waals surface area contributed by atoms with Crippen molar-refractivity contribution in [1.29, 1.82) is 0 Å². The van der Waals surface area contributed by atoms with Gasteiger partial charge in [-0.3, -0.25) is 4.79 Å². The number of ether oxygens (including phenoxy) is 1. The lowest BCUT2D eigenvalue weighted by Gasteiger charge is -2.24. The zero-order chi connectivity index (χ0) is 26.9. The number of anilines is 2. The Hall–Kier alpha value is -4.79. The number of hydrogen-bond donors (Lipinski definition) is 2. The summed E-state index contributed by atoms with van der Waals surface area (Å²) in [5.41, 5.74) is 10.5. The maximum Gasteiger partial charge on any atom is 0.410 e. The highest BCUT2D eigenvalue weighted by atomic mass is 16.6. The Labute approximate surface area is 220 Å². The third-order valence-corrected chi connectivity index (χ3v) is 6.10. The van der Waals surface area contributed by atoms with Gasteiger partial charge in [-0.15, -0.1) is 0 Å². The molecule has 3 N–H and O–H groups in total. The molecular formula is C29H28N6O3. The first-order valence-corrected chi connectivity index (χ1v) is 12.2. The van der Waals surface area contributed by atoms with E-state index < -0.39 is 5.60 Å². The molecular weight excluding hydrogens is 480 g/mol.